The molecule has 7 nitrogen and oxygen atoms in total. The van der Waals surface area contributed by atoms with E-state index in [1.165, 1.54) is 6.07 Å². The SMILES string of the molecule is C[C@@H]1Cc2nn3c(c2CN1c1ccc(F)c(C(F)(F)F)c1)C(=O)N(C)C[C@H](c1ccn[nH]1)C3. The van der Waals surface area contributed by atoms with E-state index in [0.717, 1.165) is 23.5 Å². The Morgan fingerprint density at radius 2 is 1.97 bits per heavy atom. The highest BCUT2D eigenvalue weighted by Crippen LogP contribution is 2.37. The number of halogens is 4. The van der Waals surface area contributed by atoms with E-state index in [0.29, 0.717) is 30.8 Å². The van der Waals surface area contributed by atoms with Gasteiger partial charge in [-0.2, -0.15) is 23.4 Å². The summed E-state index contributed by atoms with van der Waals surface area (Å²) in [6.07, 6.45) is -2.67. The van der Waals surface area contributed by atoms with Crippen molar-refractivity contribution < 1.29 is 22.4 Å². The monoisotopic (exact) mass is 462 g/mol. The lowest BCUT2D eigenvalue weighted by Crippen LogP contribution is -2.39. The van der Waals surface area contributed by atoms with Crippen LogP contribution in [-0.2, 0) is 25.7 Å². The van der Waals surface area contributed by atoms with Crippen molar-refractivity contribution in [3.05, 3.63) is 64.5 Å². The molecule has 1 N–H and O–H groups in total. The molecule has 11 heteroatoms. The number of anilines is 1. The number of fused-ring (bicyclic) bond motifs is 3. The zero-order valence-corrected chi connectivity index (χ0v) is 18.0. The predicted molar refractivity (Wildman–Crippen MR) is 111 cm³/mol. The van der Waals surface area contributed by atoms with Gasteiger partial charge in [0.1, 0.15) is 11.5 Å². The van der Waals surface area contributed by atoms with Crippen LogP contribution >= 0.6 is 0 Å². The highest BCUT2D eigenvalue weighted by atomic mass is 19.4. The smallest absolute Gasteiger partial charge is 0.364 e. The maximum atomic E-state index is 13.8. The van der Waals surface area contributed by atoms with Gasteiger partial charge in [-0.1, -0.05) is 0 Å². The van der Waals surface area contributed by atoms with Gasteiger partial charge in [0.25, 0.3) is 5.91 Å². The molecule has 2 aliphatic heterocycles. The second-order valence-electron chi connectivity index (χ2n) is 8.69. The average molecular weight is 462 g/mol. The molecule has 2 aliphatic rings. The van der Waals surface area contributed by atoms with Crippen molar-refractivity contribution in [1.82, 2.24) is 24.9 Å². The van der Waals surface area contributed by atoms with Crippen LogP contribution in [0.3, 0.4) is 0 Å². The molecule has 0 radical (unpaired) electrons. The maximum absolute atomic E-state index is 13.8. The first-order valence-corrected chi connectivity index (χ1v) is 10.6. The molecule has 0 aliphatic carbocycles. The van der Waals surface area contributed by atoms with E-state index in [-0.39, 0.29) is 30.1 Å². The molecule has 0 unspecified atom stereocenters. The number of nitrogens with one attached hydrogen (secondary N) is 1. The summed E-state index contributed by atoms with van der Waals surface area (Å²) in [5, 5.41) is 11.7. The summed E-state index contributed by atoms with van der Waals surface area (Å²) in [5.74, 6) is -1.52. The number of amides is 1. The number of H-pyrrole nitrogens is 1. The van der Waals surface area contributed by atoms with Crippen LogP contribution in [0.4, 0.5) is 23.2 Å². The molecule has 2 aromatic heterocycles. The fraction of sp³-hybridized carbons (Fsp3) is 0.409. The number of rotatable bonds is 2. The van der Waals surface area contributed by atoms with Crippen LogP contribution in [0.15, 0.2) is 30.5 Å². The summed E-state index contributed by atoms with van der Waals surface area (Å²) in [6, 6.07) is 4.71. The summed E-state index contributed by atoms with van der Waals surface area (Å²) >= 11 is 0. The van der Waals surface area contributed by atoms with Crippen molar-refractivity contribution in [2.75, 3.05) is 18.5 Å². The van der Waals surface area contributed by atoms with Crippen molar-refractivity contribution in [1.29, 1.82) is 0 Å². The molecule has 5 rings (SSSR count). The van der Waals surface area contributed by atoms with E-state index >= 15 is 0 Å². The quantitative estimate of drug-likeness (QED) is 0.591. The van der Waals surface area contributed by atoms with Crippen LogP contribution < -0.4 is 4.90 Å². The van der Waals surface area contributed by atoms with Gasteiger partial charge < -0.3 is 9.80 Å². The minimum absolute atomic E-state index is 0.0241. The molecule has 2 atom stereocenters. The number of carbonyl (C=O) groups is 1. The molecule has 4 heterocycles. The second-order valence-corrected chi connectivity index (χ2v) is 8.69. The number of carbonyl (C=O) groups excluding carboxylic acids is 1. The molecule has 3 aromatic rings. The van der Waals surface area contributed by atoms with Gasteiger partial charge in [0.05, 0.1) is 17.8 Å². The third-order valence-electron chi connectivity index (χ3n) is 6.47. The normalized spacial score (nSPS) is 21.1. The number of hydrogen-bond donors (Lipinski definition) is 1. The van der Waals surface area contributed by atoms with Crippen molar-refractivity contribution >= 4 is 11.6 Å². The average Bonchev–Trinajstić information content (AvgIpc) is 3.37. The van der Waals surface area contributed by atoms with Crippen molar-refractivity contribution in [2.24, 2.45) is 0 Å². The van der Waals surface area contributed by atoms with Crippen LogP contribution in [-0.4, -0.2) is 50.4 Å². The lowest BCUT2D eigenvalue weighted by molar-refractivity contribution is -0.139. The number of alkyl halides is 3. The van der Waals surface area contributed by atoms with E-state index in [1.54, 1.807) is 27.7 Å². The predicted octanol–water partition coefficient (Wildman–Crippen LogP) is 3.58. The maximum Gasteiger partial charge on any atom is 0.419 e. The number of likely N-dealkylation sites (N-methyl/N-ethyl adjacent to an activating group) is 1. The Balaban J connectivity index is 1.53. The highest BCUT2D eigenvalue weighted by Gasteiger charge is 2.38. The Morgan fingerprint density at radius 3 is 2.67 bits per heavy atom. The van der Waals surface area contributed by atoms with Gasteiger partial charge in [-0.15, -0.1) is 0 Å². The molecule has 1 amide bonds. The minimum atomic E-state index is -4.79. The molecule has 0 spiro atoms. The fourth-order valence-corrected chi connectivity index (χ4v) is 4.77. The van der Waals surface area contributed by atoms with E-state index in [1.807, 2.05) is 13.0 Å². The molecule has 174 valence electrons. The third-order valence-corrected chi connectivity index (χ3v) is 6.47. The first kappa shape index (κ1) is 21.5. The molecule has 33 heavy (non-hydrogen) atoms. The van der Waals surface area contributed by atoms with Crippen LogP contribution in [0.25, 0.3) is 0 Å². The number of nitrogens with zero attached hydrogens (tertiary/aromatic N) is 5. The lowest BCUT2D eigenvalue weighted by Gasteiger charge is -2.35. The summed E-state index contributed by atoms with van der Waals surface area (Å²) in [6.45, 7) is 3.05. The Kier molecular flexibility index (Phi) is 4.95. The molecule has 0 fully saturated rings. The Labute approximate surface area is 187 Å². The molecule has 1 aromatic carbocycles. The molecule has 0 saturated carbocycles. The number of aromatic amines is 1. The number of aromatic nitrogens is 4. The zero-order chi connectivity index (χ0) is 23.5. The first-order chi connectivity index (χ1) is 15.6. The summed E-state index contributed by atoms with van der Waals surface area (Å²) in [4.78, 5) is 16.7. The summed E-state index contributed by atoms with van der Waals surface area (Å²) < 4.78 is 55.4. The Hall–Kier alpha value is -3.37. The van der Waals surface area contributed by atoms with Crippen LogP contribution in [0.5, 0.6) is 0 Å². The highest BCUT2D eigenvalue weighted by molar-refractivity contribution is 5.94. The Morgan fingerprint density at radius 1 is 1.18 bits per heavy atom. The lowest BCUT2D eigenvalue weighted by atomic mass is 9.98. The van der Waals surface area contributed by atoms with Crippen molar-refractivity contribution in [2.45, 2.75) is 44.6 Å². The summed E-state index contributed by atoms with van der Waals surface area (Å²) in [5.41, 5.74) is 1.77. The topological polar surface area (TPSA) is 70.1 Å². The zero-order valence-electron chi connectivity index (χ0n) is 18.0. The van der Waals surface area contributed by atoms with Crippen molar-refractivity contribution in [3.63, 3.8) is 0 Å². The third kappa shape index (κ3) is 3.65. The second kappa shape index (κ2) is 7.60. The van der Waals surface area contributed by atoms with Gasteiger partial charge in [0.15, 0.2) is 0 Å². The van der Waals surface area contributed by atoms with Crippen LogP contribution in [0, 0.1) is 5.82 Å². The van der Waals surface area contributed by atoms with Crippen LogP contribution in [0.2, 0.25) is 0 Å². The fourth-order valence-electron chi connectivity index (χ4n) is 4.77. The van der Waals surface area contributed by atoms with Gasteiger partial charge in [0, 0.05) is 61.7 Å². The Bertz CT molecular complexity index is 1200. The van der Waals surface area contributed by atoms with Gasteiger partial charge in [-0.3, -0.25) is 14.6 Å². The van der Waals surface area contributed by atoms with Crippen LogP contribution in [0.1, 0.15) is 45.8 Å². The van der Waals surface area contributed by atoms with Gasteiger partial charge >= 0.3 is 6.18 Å². The number of benzene rings is 1. The van der Waals surface area contributed by atoms with Gasteiger partial charge in [0.2, 0.25) is 0 Å². The van der Waals surface area contributed by atoms with E-state index in [2.05, 4.69) is 10.2 Å². The largest absolute Gasteiger partial charge is 0.419 e. The first-order valence-electron chi connectivity index (χ1n) is 10.6. The van der Waals surface area contributed by atoms with Gasteiger partial charge in [-0.25, -0.2) is 4.39 Å². The minimum Gasteiger partial charge on any atom is -0.364 e. The standard InChI is InChI=1S/C22H22F4N6O/c1-12-7-19-15(11-31(12)14-3-4-17(23)16(8-14)22(24,25)26)20-21(33)30(2)9-13(10-32(20)29-19)18-5-6-27-28-18/h3-6,8,12-13H,7,9-11H2,1-2H3,(H,27,28)/t12-,13+/m1/s1. The van der Waals surface area contributed by atoms with Crippen molar-refractivity contribution in [3.8, 4) is 0 Å². The van der Waals surface area contributed by atoms with Gasteiger partial charge in [-0.05, 0) is 31.2 Å². The van der Waals surface area contributed by atoms with E-state index in [9.17, 15) is 22.4 Å². The molecular formula is C22H22F4N6O. The summed E-state index contributed by atoms with van der Waals surface area (Å²) in [7, 11) is 1.72. The van der Waals surface area contributed by atoms with E-state index in [4.69, 9.17) is 5.10 Å². The van der Waals surface area contributed by atoms with E-state index < -0.39 is 17.6 Å². The number of hydrogen-bond acceptors (Lipinski definition) is 4. The molecule has 0 saturated heterocycles. The molecule has 0 bridgehead atoms. The molecular weight excluding hydrogens is 440 g/mol.